The van der Waals surface area contributed by atoms with Gasteiger partial charge in [0.05, 0.1) is 5.56 Å². The molecule has 146 valence electrons. The van der Waals surface area contributed by atoms with Crippen molar-refractivity contribution in [3.05, 3.63) is 94.5 Å². The molecule has 0 saturated heterocycles. The maximum atomic E-state index is 12.8. The van der Waals surface area contributed by atoms with E-state index in [-0.39, 0.29) is 5.78 Å². The Balaban J connectivity index is 1.51. The van der Waals surface area contributed by atoms with E-state index >= 15 is 0 Å². The summed E-state index contributed by atoms with van der Waals surface area (Å²) in [5.41, 5.74) is 2.28. The maximum absolute atomic E-state index is 12.8. The SMILES string of the molecule is O=C(/C=C/c1ccc2c(c1)OCCO2)c1cc(Cl)ccc1OCc1ccccc1. The lowest BCUT2D eigenvalue weighted by molar-refractivity contribution is 0.104. The Morgan fingerprint density at radius 3 is 2.59 bits per heavy atom. The normalized spacial score (nSPS) is 12.7. The molecule has 3 aromatic rings. The Bertz CT molecular complexity index is 1040. The fourth-order valence-electron chi connectivity index (χ4n) is 2.98. The third-order valence-electron chi connectivity index (χ3n) is 4.44. The van der Waals surface area contributed by atoms with Crippen molar-refractivity contribution in [3.63, 3.8) is 0 Å². The standard InChI is InChI=1S/C24H19ClO4/c25-19-8-11-22(29-16-18-4-2-1-3-5-18)20(15-19)21(26)9-6-17-7-10-23-24(14-17)28-13-12-27-23/h1-11,14-15H,12-13,16H2/b9-6+. The summed E-state index contributed by atoms with van der Waals surface area (Å²) >= 11 is 6.11. The van der Waals surface area contributed by atoms with Crippen LogP contribution < -0.4 is 14.2 Å². The Kier molecular flexibility index (Phi) is 5.82. The summed E-state index contributed by atoms with van der Waals surface area (Å²) < 4.78 is 17.0. The van der Waals surface area contributed by atoms with Crippen molar-refractivity contribution in [2.75, 3.05) is 13.2 Å². The van der Waals surface area contributed by atoms with Crippen molar-refractivity contribution in [1.82, 2.24) is 0 Å². The smallest absolute Gasteiger partial charge is 0.189 e. The van der Waals surface area contributed by atoms with E-state index in [1.165, 1.54) is 6.08 Å². The van der Waals surface area contributed by atoms with Crippen LogP contribution in [-0.4, -0.2) is 19.0 Å². The van der Waals surface area contributed by atoms with E-state index in [4.69, 9.17) is 25.8 Å². The molecule has 4 rings (SSSR count). The van der Waals surface area contributed by atoms with Gasteiger partial charge < -0.3 is 14.2 Å². The molecule has 0 radical (unpaired) electrons. The van der Waals surface area contributed by atoms with Crippen LogP contribution in [0.15, 0.2) is 72.8 Å². The molecule has 1 aliphatic heterocycles. The molecule has 29 heavy (non-hydrogen) atoms. The van der Waals surface area contributed by atoms with Crippen molar-refractivity contribution >= 4 is 23.5 Å². The van der Waals surface area contributed by atoms with E-state index in [2.05, 4.69) is 0 Å². The number of carbonyl (C=O) groups is 1. The van der Waals surface area contributed by atoms with E-state index in [0.29, 0.717) is 47.7 Å². The first-order valence-electron chi connectivity index (χ1n) is 9.27. The second-order valence-electron chi connectivity index (χ2n) is 6.52. The summed E-state index contributed by atoms with van der Waals surface area (Å²) in [5.74, 6) is 1.70. The second-order valence-corrected chi connectivity index (χ2v) is 6.95. The van der Waals surface area contributed by atoms with Gasteiger partial charge in [0.2, 0.25) is 0 Å². The quantitative estimate of drug-likeness (QED) is 0.395. The van der Waals surface area contributed by atoms with Gasteiger partial charge in [-0.1, -0.05) is 54.1 Å². The van der Waals surface area contributed by atoms with Crippen molar-refractivity contribution in [1.29, 1.82) is 0 Å². The Labute approximate surface area is 174 Å². The Morgan fingerprint density at radius 2 is 1.76 bits per heavy atom. The molecule has 5 heteroatoms. The highest BCUT2D eigenvalue weighted by molar-refractivity contribution is 6.31. The molecule has 0 aromatic heterocycles. The molecule has 0 spiro atoms. The zero-order valence-corrected chi connectivity index (χ0v) is 16.4. The van der Waals surface area contributed by atoms with Crippen molar-refractivity contribution in [2.45, 2.75) is 6.61 Å². The van der Waals surface area contributed by atoms with Crippen LogP contribution in [-0.2, 0) is 6.61 Å². The van der Waals surface area contributed by atoms with Crippen LogP contribution in [0.3, 0.4) is 0 Å². The van der Waals surface area contributed by atoms with Gasteiger partial charge in [-0.25, -0.2) is 0 Å². The monoisotopic (exact) mass is 406 g/mol. The zero-order chi connectivity index (χ0) is 20.1. The molecule has 1 heterocycles. The molecule has 3 aromatic carbocycles. The van der Waals surface area contributed by atoms with Crippen molar-refractivity contribution in [3.8, 4) is 17.2 Å². The third-order valence-corrected chi connectivity index (χ3v) is 4.67. The molecule has 0 aliphatic carbocycles. The molecule has 1 aliphatic rings. The number of hydrogen-bond acceptors (Lipinski definition) is 4. The van der Waals surface area contributed by atoms with Gasteiger partial charge in [-0.15, -0.1) is 0 Å². The first-order valence-corrected chi connectivity index (χ1v) is 9.65. The van der Waals surface area contributed by atoms with Crippen LogP contribution in [0, 0.1) is 0 Å². The minimum atomic E-state index is -0.189. The zero-order valence-electron chi connectivity index (χ0n) is 15.6. The van der Waals surface area contributed by atoms with Gasteiger partial charge in [-0.3, -0.25) is 4.79 Å². The maximum Gasteiger partial charge on any atom is 0.189 e. The molecule has 0 N–H and O–H groups in total. The van der Waals surface area contributed by atoms with E-state index in [9.17, 15) is 4.79 Å². The van der Waals surface area contributed by atoms with Crippen LogP contribution in [0.2, 0.25) is 5.02 Å². The van der Waals surface area contributed by atoms with E-state index in [0.717, 1.165) is 11.1 Å². The summed E-state index contributed by atoms with van der Waals surface area (Å²) in [6, 6.07) is 20.4. The van der Waals surface area contributed by atoms with Crippen molar-refractivity contribution < 1.29 is 19.0 Å². The molecule has 0 bridgehead atoms. The van der Waals surface area contributed by atoms with E-state index < -0.39 is 0 Å². The summed E-state index contributed by atoms with van der Waals surface area (Å²) in [5, 5.41) is 0.480. The van der Waals surface area contributed by atoms with Gasteiger partial charge in [0.1, 0.15) is 25.6 Å². The highest BCUT2D eigenvalue weighted by Crippen LogP contribution is 2.31. The third kappa shape index (κ3) is 4.79. The number of benzene rings is 3. The molecule has 0 atom stereocenters. The number of ether oxygens (including phenoxy) is 3. The molecular formula is C24H19ClO4. The van der Waals surface area contributed by atoms with Gasteiger partial charge >= 0.3 is 0 Å². The van der Waals surface area contributed by atoms with Crippen LogP contribution >= 0.6 is 11.6 Å². The highest BCUT2D eigenvalue weighted by Gasteiger charge is 2.13. The highest BCUT2D eigenvalue weighted by atomic mass is 35.5. The molecule has 4 nitrogen and oxygen atoms in total. The molecule has 0 saturated carbocycles. The fraction of sp³-hybridized carbons (Fsp3) is 0.125. The topological polar surface area (TPSA) is 44.8 Å². The van der Waals surface area contributed by atoms with E-state index in [1.807, 2.05) is 48.5 Å². The molecule has 0 fully saturated rings. The molecule has 0 unspecified atom stereocenters. The Morgan fingerprint density at radius 1 is 0.966 bits per heavy atom. The lowest BCUT2D eigenvalue weighted by Gasteiger charge is -2.18. The Hall–Kier alpha value is -3.24. The number of allylic oxidation sites excluding steroid dienone is 1. The second kappa shape index (κ2) is 8.84. The summed E-state index contributed by atoms with van der Waals surface area (Å²) in [7, 11) is 0. The van der Waals surface area contributed by atoms with E-state index in [1.54, 1.807) is 24.3 Å². The predicted octanol–water partition coefficient (Wildman–Crippen LogP) is 5.59. The summed E-state index contributed by atoms with van der Waals surface area (Å²) in [6.07, 6.45) is 3.24. The van der Waals surface area contributed by atoms with Crippen LogP contribution in [0.25, 0.3) is 6.08 Å². The molecule has 0 amide bonds. The average Bonchev–Trinajstić information content (AvgIpc) is 2.77. The van der Waals surface area contributed by atoms with Gasteiger partial charge in [-0.2, -0.15) is 0 Å². The minimum absolute atomic E-state index is 0.189. The number of ketones is 1. The predicted molar refractivity (Wildman–Crippen MR) is 113 cm³/mol. The van der Waals surface area contributed by atoms with Crippen molar-refractivity contribution in [2.24, 2.45) is 0 Å². The largest absolute Gasteiger partial charge is 0.488 e. The van der Waals surface area contributed by atoms with Gasteiger partial charge in [0.15, 0.2) is 17.3 Å². The number of hydrogen-bond donors (Lipinski definition) is 0. The molecular weight excluding hydrogens is 388 g/mol. The van der Waals surface area contributed by atoms with Crippen LogP contribution in [0.5, 0.6) is 17.2 Å². The van der Waals surface area contributed by atoms with Gasteiger partial charge in [0, 0.05) is 5.02 Å². The number of carbonyl (C=O) groups excluding carboxylic acids is 1. The lowest BCUT2D eigenvalue weighted by Crippen LogP contribution is -2.15. The minimum Gasteiger partial charge on any atom is -0.488 e. The number of fused-ring (bicyclic) bond motifs is 1. The summed E-state index contributed by atoms with van der Waals surface area (Å²) in [6.45, 7) is 1.43. The van der Waals surface area contributed by atoms with Gasteiger partial charge in [0.25, 0.3) is 0 Å². The lowest BCUT2D eigenvalue weighted by atomic mass is 10.1. The fourth-order valence-corrected chi connectivity index (χ4v) is 3.15. The first kappa shape index (κ1) is 19.1. The first-order chi connectivity index (χ1) is 14.2. The summed E-state index contributed by atoms with van der Waals surface area (Å²) in [4.78, 5) is 12.8. The number of halogens is 1. The van der Waals surface area contributed by atoms with Gasteiger partial charge in [-0.05, 0) is 47.5 Å². The van der Waals surface area contributed by atoms with Crippen LogP contribution in [0.1, 0.15) is 21.5 Å². The van der Waals surface area contributed by atoms with Crippen LogP contribution in [0.4, 0.5) is 0 Å². The average molecular weight is 407 g/mol. The number of rotatable bonds is 6.